The molecule has 0 saturated carbocycles. The van der Waals surface area contributed by atoms with Crippen LogP contribution in [0.2, 0.25) is 0 Å². The molecule has 1 atom stereocenters. The van der Waals surface area contributed by atoms with E-state index in [1.165, 1.54) is 0 Å². The van der Waals surface area contributed by atoms with E-state index in [9.17, 15) is 9.90 Å². The van der Waals surface area contributed by atoms with Crippen molar-refractivity contribution in [2.45, 2.75) is 38.6 Å². The van der Waals surface area contributed by atoms with Crippen molar-refractivity contribution in [3.05, 3.63) is 29.6 Å². The average Bonchev–Trinajstić information content (AvgIpc) is 2.86. The molecule has 1 aliphatic heterocycles. The summed E-state index contributed by atoms with van der Waals surface area (Å²) in [6.07, 6.45) is 3.50. The van der Waals surface area contributed by atoms with Crippen LogP contribution in [-0.2, 0) is 0 Å². The maximum absolute atomic E-state index is 12.3. The third-order valence-corrected chi connectivity index (χ3v) is 3.47. The third kappa shape index (κ3) is 2.53. The molecule has 0 radical (unpaired) electrons. The van der Waals surface area contributed by atoms with Crippen LogP contribution in [0.1, 0.15) is 48.7 Å². The molecule has 98 valence electrons. The second kappa shape index (κ2) is 5.48. The molecule has 1 saturated heterocycles. The number of carbonyl (C=O) groups is 1. The smallest absolute Gasteiger partial charge is 0.255 e. The summed E-state index contributed by atoms with van der Waals surface area (Å²) in [4.78, 5) is 18.3. The van der Waals surface area contributed by atoms with E-state index in [4.69, 9.17) is 0 Å². The van der Waals surface area contributed by atoms with Crippen molar-refractivity contribution >= 4 is 5.91 Å². The summed E-state index contributed by atoms with van der Waals surface area (Å²) in [7, 11) is 0. The lowest BCUT2D eigenvalue weighted by atomic mass is 10.1. The molecular weight excluding hydrogens is 228 g/mol. The predicted octanol–water partition coefficient (Wildman–Crippen LogP) is 1.80. The van der Waals surface area contributed by atoms with Crippen LogP contribution >= 0.6 is 0 Å². The average molecular weight is 248 g/mol. The summed E-state index contributed by atoms with van der Waals surface area (Å²) in [5.74, 6) is 0.348. The molecule has 0 bridgehead atoms. The lowest BCUT2D eigenvalue weighted by molar-refractivity contribution is 0.0677. The summed E-state index contributed by atoms with van der Waals surface area (Å²) < 4.78 is 0. The van der Waals surface area contributed by atoms with Gasteiger partial charge < -0.3 is 10.0 Å². The molecule has 0 aliphatic carbocycles. The second-order valence-electron chi connectivity index (χ2n) is 5.10. The molecule has 0 unspecified atom stereocenters. The van der Waals surface area contributed by atoms with Gasteiger partial charge in [0.2, 0.25) is 0 Å². The first-order valence-electron chi connectivity index (χ1n) is 6.51. The van der Waals surface area contributed by atoms with Crippen molar-refractivity contribution in [3.63, 3.8) is 0 Å². The van der Waals surface area contributed by atoms with Crippen LogP contribution in [-0.4, -0.2) is 40.1 Å². The number of hydrogen-bond donors (Lipinski definition) is 1. The van der Waals surface area contributed by atoms with Gasteiger partial charge in [0, 0.05) is 18.4 Å². The molecule has 2 heterocycles. The first-order chi connectivity index (χ1) is 8.63. The van der Waals surface area contributed by atoms with Gasteiger partial charge in [-0.2, -0.15) is 0 Å². The minimum atomic E-state index is -0.0257. The minimum Gasteiger partial charge on any atom is -0.394 e. The van der Waals surface area contributed by atoms with Gasteiger partial charge in [0.25, 0.3) is 5.91 Å². The molecule has 2 rings (SSSR count). The summed E-state index contributed by atoms with van der Waals surface area (Å²) >= 11 is 0. The monoisotopic (exact) mass is 248 g/mol. The number of hydrogen-bond acceptors (Lipinski definition) is 3. The molecule has 1 aromatic rings. The fourth-order valence-corrected chi connectivity index (χ4v) is 2.33. The van der Waals surface area contributed by atoms with Crippen molar-refractivity contribution in [2.24, 2.45) is 0 Å². The Morgan fingerprint density at radius 1 is 1.56 bits per heavy atom. The van der Waals surface area contributed by atoms with Crippen molar-refractivity contribution in [3.8, 4) is 0 Å². The van der Waals surface area contributed by atoms with Gasteiger partial charge in [-0.25, -0.2) is 0 Å². The van der Waals surface area contributed by atoms with E-state index in [2.05, 4.69) is 18.8 Å². The molecule has 1 N–H and O–H groups in total. The molecule has 1 aliphatic rings. The quantitative estimate of drug-likeness (QED) is 0.887. The summed E-state index contributed by atoms with van der Waals surface area (Å²) in [5, 5.41) is 9.24. The molecule has 0 spiro atoms. The highest BCUT2D eigenvalue weighted by Gasteiger charge is 2.28. The Bertz CT molecular complexity index is 414. The predicted molar refractivity (Wildman–Crippen MR) is 69.5 cm³/mol. The van der Waals surface area contributed by atoms with Gasteiger partial charge in [-0.05, 0) is 30.9 Å². The Hall–Kier alpha value is -1.42. The Balaban J connectivity index is 2.13. The second-order valence-corrected chi connectivity index (χ2v) is 5.10. The van der Waals surface area contributed by atoms with E-state index in [1.807, 2.05) is 12.1 Å². The molecule has 1 amide bonds. The molecule has 0 aromatic carbocycles. The number of pyridine rings is 1. The van der Waals surface area contributed by atoms with Crippen molar-refractivity contribution < 1.29 is 9.90 Å². The Kier molecular flexibility index (Phi) is 3.97. The topological polar surface area (TPSA) is 53.4 Å². The number of likely N-dealkylation sites (tertiary alicyclic amines) is 1. The SMILES string of the molecule is CC(C)c1ccc(C(=O)N2CCC[C@@H]2CO)cn1. The number of aliphatic hydroxyl groups excluding tert-OH is 1. The lowest BCUT2D eigenvalue weighted by Gasteiger charge is -2.23. The van der Waals surface area contributed by atoms with Crippen LogP contribution < -0.4 is 0 Å². The van der Waals surface area contributed by atoms with Crippen molar-refractivity contribution in [1.29, 1.82) is 0 Å². The van der Waals surface area contributed by atoms with E-state index in [0.717, 1.165) is 25.1 Å². The number of carbonyl (C=O) groups excluding carboxylic acids is 1. The molecule has 4 heteroatoms. The number of aromatic nitrogens is 1. The Morgan fingerprint density at radius 2 is 2.33 bits per heavy atom. The van der Waals surface area contributed by atoms with Crippen LogP contribution in [0.4, 0.5) is 0 Å². The Labute approximate surface area is 108 Å². The van der Waals surface area contributed by atoms with Crippen LogP contribution in [0.15, 0.2) is 18.3 Å². The third-order valence-electron chi connectivity index (χ3n) is 3.47. The normalized spacial score (nSPS) is 19.6. The molecule has 1 fully saturated rings. The van der Waals surface area contributed by atoms with Gasteiger partial charge in [0.15, 0.2) is 0 Å². The molecular formula is C14H20N2O2. The molecule has 4 nitrogen and oxygen atoms in total. The standard InChI is InChI=1S/C14H20N2O2/c1-10(2)13-6-5-11(8-15-13)14(18)16-7-3-4-12(16)9-17/h5-6,8,10,12,17H,3-4,7,9H2,1-2H3/t12-/m1/s1. The Morgan fingerprint density at radius 3 is 2.89 bits per heavy atom. The zero-order valence-electron chi connectivity index (χ0n) is 11.0. The minimum absolute atomic E-state index is 0.0191. The van der Waals surface area contributed by atoms with Gasteiger partial charge in [0.1, 0.15) is 0 Å². The zero-order chi connectivity index (χ0) is 13.1. The zero-order valence-corrected chi connectivity index (χ0v) is 11.0. The van der Waals surface area contributed by atoms with Gasteiger partial charge in [-0.3, -0.25) is 9.78 Å². The van der Waals surface area contributed by atoms with E-state index < -0.39 is 0 Å². The van der Waals surface area contributed by atoms with Gasteiger partial charge in [0.05, 0.1) is 18.2 Å². The maximum atomic E-state index is 12.3. The summed E-state index contributed by atoms with van der Waals surface area (Å²) in [5.41, 5.74) is 1.60. The van der Waals surface area contributed by atoms with Gasteiger partial charge in [-0.15, -0.1) is 0 Å². The first-order valence-corrected chi connectivity index (χ1v) is 6.51. The largest absolute Gasteiger partial charge is 0.394 e. The van der Waals surface area contributed by atoms with Crippen LogP contribution in [0.25, 0.3) is 0 Å². The van der Waals surface area contributed by atoms with Crippen molar-refractivity contribution in [1.82, 2.24) is 9.88 Å². The van der Waals surface area contributed by atoms with Gasteiger partial charge >= 0.3 is 0 Å². The molecule has 1 aromatic heterocycles. The van der Waals surface area contributed by atoms with E-state index >= 15 is 0 Å². The summed E-state index contributed by atoms with van der Waals surface area (Å²) in [6.45, 7) is 4.93. The maximum Gasteiger partial charge on any atom is 0.255 e. The number of aliphatic hydroxyl groups is 1. The summed E-state index contributed by atoms with van der Waals surface area (Å²) in [6, 6.07) is 3.71. The van der Waals surface area contributed by atoms with Gasteiger partial charge in [-0.1, -0.05) is 13.8 Å². The highest BCUT2D eigenvalue weighted by Crippen LogP contribution is 2.20. The van der Waals surface area contributed by atoms with Crippen LogP contribution in [0.3, 0.4) is 0 Å². The van der Waals surface area contributed by atoms with Crippen LogP contribution in [0, 0.1) is 0 Å². The fraction of sp³-hybridized carbons (Fsp3) is 0.571. The number of amides is 1. The van der Waals surface area contributed by atoms with Crippen molar-refractivity contribution in [2.75, 3.05) is 13.2 Å². The highest BCUT2D eigenvalue weighted by molar-refractivity contribution is 5.94. The number of nitrogens with zero attached hydrogens (tertiary/aromatic N) is 2. The fourth-order valence-electron chi connectivity index (χ4n) is 2.33. The molecule has 18 heavy (non-hydrogen) atoms. The lowest BCUT2D eigenvalue weighted by Crippen LogP contribution is -2.37. The van der Waals surface area contributed by atoms with Crippen LogP contribution in [0.5, 0.6) is 0 Å². The van der Waals surface area contributed by atoms with E-state index in [1.54, 1.807) is 11.1 Å². The van der Waals surface area contributed by atoms with E-state index in [-0.39, 0.29) is 18.6 Å². The van der Waals surface area contributed by atoms with E-state index in [0.29, 0.717) is 11.5 Å². The highest BCUT2D eigenvalue weighted by atomic mass is 16.3. The first kappa shape index (κ1) is 13.0. The number of rotatable bonds is 3.